The molecule has 1 amide bonds. The van der Waals surface area contributed by atoms with E-state index >= 15 is 0 Å². The van der Waals surface area contributed by atoms with Crippen molar-refractivity contribution in [2.24, 2.45) is 0 Å². The number of rotatable bonds is 9. The third-order valence-corrected chi connectivity index (χ3v) is 2.90. The molecule has 0 aliphatic heterocycles. The van der Waals surface area contributed by atoms with E-state index in [0.29, 0.717) is 12.2 Å². The summed E-state index contributed by atoms with van der Waals surface area (Å²) in [6.45, 7) is 5.24. The van der Waals surface area contributed by atoms with Crippen LogP contribution in [0.3, 0.4) is 0 Å². The number of carbonyl (C=O) groups excluding carboxylic acids is 1. The van der Waals surface area contributed by atoms with Gasteiger partial charge in [-0.05, 0) is 25.0 Å². The lowest BCUT2D eigenvalue weighted by Crippen LogP contribution is -2.12. The number of pyridine rings is 1. The lowest BCUT2D eigenvalue weighted by atomic mass is 10.2. The van der Waals surface area contributed by atoms with Crippen LogP contribution in [0.15, 0.2) is 18.3 Å². The molecular weight excluding hydrogens is 238 g/mol. The molecule has 0 atom stereocenters. The maximum atomic E-state index is 11.5. The Balaban J connectivity index is 2.32. The fourth-order valence-electron chi connectivity index (χ4n) is 1.72. The second kappa shape index (κ2) is 9.36. The zero-order valence-electron chi connectivity index (χ0n) is 12.0. The molecule has 4 heteroatoms. The van der Waals surface area contributed by atoms with E-state index in [1.165, 1.54) is 19.3 Å². The van der Waals surface area contributed by atoms with Gasteiger partial charge in [0, 0.05) is 13.0 Å². The van der Waals surface area contributed by atoms with Crippen molar-refractivity contribution in [1.82, 2.24) is 4.98 Å². The average Bonchev–Trinajstić information content (AvgIpc) is 2.43. The molecule has 1 rings (SSSR count). The first kappa shape index (κ1) is 15.5. The number of carbonyl (C=O) groups is 1. The van der Waals surface area contributed by atoms with Crippen LogP contribution in [-0.2, 0) is 4.79 Å². The lowest BCUT2D eigenvalue weighted by Gasteiger charge is -2.07. The quantitative estimate of drug-likeness (QED) is 0.666. The Morgan fingerprint density at radius 3 is 2.58 bits per heavy atom. The summed E-state index contributed by atoms with van der Waals surface area (Å²) in [6.07, 6.45) is 7.92. The molecule has 0 saturated heterocycles. The van der Waals surface area contributed by atoms with Crippen molar-refractivity contribution in [3.05, 3.63) is 18.3 Å². The summed E-state index contributed by atoms with van der Waals surface area (Å²) in [4.78, 5) is 15.8. The number of nitrogens with one attached hydrogen (secondary N) is 2. The van der Waals surface area contributed by atoms with Gasteiger partial charge in [-0.2, -0.15) is 0 Å². The van der Waals surface area contributed by atoms with Crippen molar-refractivity contribution in [3.63, 3.8) is 0 Å². The van der Waals surface area contributed by atoms with Crippen molar-refractivity contribution < 1.29 is 4.79 Å². The number of aromatic nitrogens is 1. The topological polar surface area (TPSA) is 54.0 Å². The SMILES string of the molecule is CCCCCNc1ccc(NC(=O)CCCC)nc1. The molecule has 106 valence electrons. The van der Waals surface area contributed by atoms with E-state index < -0.39 is 0 Å². The molecule has 0 radical (unpaired) electrons. The molecule has 0 aliphatic rings. The van der Waals surface area contributed by atoms with Crippen LogP contribution in [0.4, 0.5) is 11.5 Å². The second-order valence-electron chi connectivity index (χ2n) is 4.72. The molecule has 0 aliphatic carbocycles. The highest BCUT2D eigenvalue weighted by Crippen LogP contribution is 2.10. The summed E-state index contributed by atoms with van der Waals surface area (Å²) in [6, 6.07) is 3.79. The Kier molecular flexibility index (Phi) is 7.63. The maximum absolute atomic E-state index is 11.5. The van der Waals surface area contributed by atoms with Crippen LogP contribution < -0.4 is 10.6 Å². The summed E-state index contributed by atoms with van der Waals surface area (Å²) >= 11 is 0. The van der Waals surface area contributed by atoms with Gasteiger partial charge in [-0.1, -0.05) is 33.1 Å². The van der Waals surface area contributed by atoms with E-state index in [9.17, 15) is 4.79 Å². The number of unbranched alkanes of at least 4 members (excludes halogenated alkanes) is 3. The summed E-state index contributed by atoms with van der Waals surface area (Å²) < 4.78 is 0. The average molecular weight is 263 g/mol. The fourth-order valence-corrected chi connectivity index (χ4v) is 1.72. The van der Waals surface area contributed by atoms with E-state index in [-0.39, 0.29) is 5.91 Å². The van der Waals surface area contributed by atoms with Gasteiger partial charge in [-0.3, -0.25) is 4.79 Å². The van der Waals surface area contributed by atoms with E-state index in [4.69, 9.17) is 0 Å². The minimum Gasteiger partial charge on any atom is -0.384 e. The zero-order valence-corrected chi connectivity index (χ0v) is 12.0. The van der Waals surface area contributed by atoms with Crippen LogP contribution in [0.1, 0.15) is 52.4 Å². The molecule has 2 N–H and O–H groups in total. The molecule has 0 spiro atoms. The van der Waals surface area contributed by atoms with Gasteiger partial charge in [0.05, 0.1) is 11.9 Å². The molecule has 0 aromatic carbocycles. The Bertz CT molecular complexity index is 362. The van der Waals surface area contributed by atoms with E-state index in [1.54, 1.807) is 6.20 Å². The highest BCUT2D eigenvalue weighted by atomic mass is 16.1. The van der Waals surface area contributed by atoms with Crippen LogP contribution in [0.25, 0.3) is 0 Å². The van der Waals surface area contributed by atoms with Crippen LogP contribution in [0, 0.1) is 0 Å². The van der Waals surface area contributed by atoms with Gasteiger partial charge in [-0.15, -0.1) is 0 Å². The van der Waals surface area contributed by atoms with Crippen molar-refractivity contribution in [3.8, 4) is 0 Å². The molecule has 1 aromatic heterocycles. The molecular formula is C15H25N3O. The molecule has 0 fully saturated rings. The second-order valence-corrected chi connectivity index (χ2v) is 4.72. The smallest absolute Gasteiger partial charge is 0.225 e. The Labute approximate surface area is 116 Å². The highest BCUT2D eigenvalue weighted by Gasteiger charge is 2.02. The third kappa shape index (κ3) is 6.79. The fraction of sp³-hybridized carbons (Fsp3) is 0.600. The van der Waals surface area contributed by atoms with Gasteiger partial charge in [0.2, 0.25) is 5.91 Å². The summed E-state index contributed by atoms with van der Waals surface area (Å²) in [5.41, 5.74) is 1.00. The molecule has 4 nitrogen and oxygen atoms in total. The lowest BCUT2D eigenvalue weighted by molar-refractivity contribution is -0.116. The van der Waals surface area contributed by atoms with Crippen molar-refractivity contribution in [1.29, 1.82) is 0 Å². The van der Waals surface area contributed by atoms with Crippen molar-refractivity contribution >= 4 is 17.4 Å². The molecule has 1 heterocycles. The third-order valence-electron chi connectivity index (χ3n) is 2.90. The van der Waals surface area contributed by atoms with Crippen molar-refractivity contribution in [2.75, 3.05) is 17.2 Å². The standard InChI is InChI=1S/C15H25N3O/c1-3-5-7-11-16-13-9-10-14(17-12-13)18-15(19)8-6-4-2/h9-10,12,16H,3-8,11H2,1-2H3,(H,17,18,19). The van der Waals surface area contributed by atoms with Gasteiger partial charge in [0.25, 0.3) is 0 Å². The normalized spacial score (nSPS) is 10.2. The number of hydrogen-bond donors (Lipinski definition) is 2. The van der Waals surface area contributed by atoms with Gasteiger partial charge >= 0.3 is 0 Å². The Hall–Kier alpha value is -1.58. The van der Waals surface area contributed by atoms with Crippen LogP contribution >= 0.6 is 0 Å². The molecule has 0 unspecified atom stereocenters. The molecule has 0 saturated carbocycles. The number of amides is 1. The first-order valence-corrected chi connectivity index (χ1v) is 7.26. The summed E-state index contributed by atoms with van der Waals surface area (Å²) in [5.74, 6) is 0.665. The number of nitrogens with zero attached hydrogens (tertiary/aromatic N) is 1. The predicted molar refractivity (Wildman–Crippen MR) is 80.4 cm³/mol. The molecule has 19 heavy (non-hydrogen) atoms. The first-order chi connectivity index (χ1) is 9.26. The van der Waals surface area contributed by atoms with Gasteiger partial charge < -0.3 is 10.6 Å². The highest BCUT2D eigenvalue weighted by molar-refractivity contribution is 5.89. The van der Waals surface area contributed by atoms with E-state index in [1.807, 2.05) is 12.1 Å². The van der Waals surface area contributed by atoms with Gasteiger partial charge in [0.15, 0.2) is 0 Å². The van der Waals surface area contributed by atoms with Gasteiger partial charge in [0.1, 0.15) is 5.82 Å². The Morgan fingerprint density at radius 2 is 1.95 bits per heavy atom. The molecule has 0 bridgehead atoms. The van der Waals surface area contributed by atoms with Crippen LogP contribution in [-0.4, -0.2) is 17.4 Å². The van der Waals surface area contributed by atoms with Crippen LogP contribution in [0.2, 0.25) is 0 Å². The largest absolute Gasteiger partial charge is 0.384 e. The maximum Gasteiger partial charge on any atom is 0.225 e. The number of anilines is 2. The van der Waals surface area contributed by atoms with E-state index in [2.05, 4.69) is 29.5 Å². The minimum absolute atomic E-state index is 0.0398. The molecule has 1 aromatic rings. The first-order valence-electron chi connectivity index (χ1n) is 7.26. The minimum atomic E-state index is 0.0398. The summed E-state index contributed by atoms with van der Waals surface area (Å²) in [7, 11) is 0. The Morgan fingerprint density at radius 1 is 1.16 bits per heavy atom. The zero-order chi connectivity index (χ0) is 13.9. The van der Waals surface area contributed by atoms with Crippen LogP contribution in [0.5, 0.6) is 0 Å². The number of hydrogen-bond acceptors (Lipinski definition) is 3. The van der Waals surface area contributed by atoms with Crippen molar-refractivity contribution in [2.45, 2.75) is 52.4 Å². The summed E-state index contributed by atoms with van der Waals surface area (Å²) in [5, 5.41) is 6.12. The van der Waals surface area contributed by atoms with Gasteiger partial charge in [-0.25, -0.2) is 4.98 Å². The van der Waals surface area contributed by atoms with E-state index in [0.717, 1.165) is 25.1 Å². The monoisotopic (exact) mass is 263 g/mol. The predicted octanol–water partition coefficient (Wildman–Crippen LogP) is 3.81.